The van der Waals surface area contributed by atoms with Gasteiger partial charge in [-0.1, -0.05) is 11.6 Å². The molecule has 0 spiro atoms. The Morgan fingerprint density at radius 3 is 2.57 bits per heavy atom. The van der Waals surface area contributed by atoms with Gasteiger partial charge >= 0.3 is 5.97 Å². The average molecular weight is 313 g/mol. The first-order valence-corrected chi connectivity index (χ1v) is 7.37. The molecule has 0 N–H and O–H groups in total. The van der Waals surface area contributed by atoms with E-state index in [4.69, 9.17) is 16.4 Å². The van der Waals surface area contributed by atoms with E-state index in [1.54, 1.807) is 17.5 Å². The lowest BCUT2D eigenvalue weighted by Crippen LogP contribution is -2.53. The molecule has 7 heteroatoms. The molecule has 1 aromatic rings. The maximum atomic E-state index is 12.0. The highest BCUT2D eigenvalue weighted by atomic mass is 35.5. The fraction of sp³-hybridized carbons (Fsp3) is 0.643. The van der Waals surface area contributed by atoms with Crippen LogP contribution >= 0.6 is 11.6 Å². The second-order valence-corrected chi connectivity index (χ2v) is 6.59. The van der Waals surface area contributed by atoms with Gasteiger partial charge in [0.05, 0.1) is 18.0 Å². The molecule has 116 valence electrons. The van der Waals surface area contributed by atoms with Crippen molar-refractivity contribution in [3.63, 3.8) is 0 Å². The van der Waals surface area contributed by atoms with Crippen molar-refractivity contribution in [2.24, 2.45) is 5.41 Å². The largest absolute Gasteiger partial charge is 0.367 e. The van der Waals surface area contributed by atoms with Gasteiger partial charge in [0.1, 0.15) is 0 Å². The van der Waals surface area contributed by atoms with Crippen LogP contribution in [0.5, 0.6) is 0 Å². The minimum Gasteiger partial charge on any atom is -0.367 e. The first-order valence-electron chi connectivity index (χ1n) is 6.99. The summed E-state index contributed by atoms with van der Waals surface area (Å²) >= 11 is 6.07. The van der Waals surface area contributed by atoms with E-state index in [0.29, 0.717) is 30.6 Å². The number of rotatable bonds is 2. The molecule has 1 fully saturated rings. The smallest absolute Gasteiger partial charge is 0.330 e. The van der Waals surface area contributed by atoms with Gasteiger partial charge in [-0.2, -0.15) is 0 Å². The molecule has 1 aliphatic heterocycles. The van der Waals surface area contributed by atoms with Gasteiger partial charge in [0, 0.05) is 25.5 Å². The third-order valence-electron chi connectivity index (χ3n) is 3.31. The standard InChI is InChI=1S/C14H21ClN4O2/c1-10-9-18(12-11(15)16-5-6-17-12)7-8-19(10)21-13(20)14(2,3)4/h5-6,10H,7-9H2,1-4H3. The molecule has 21 heavy (non-hydrogen) atoms. The van der Waals surface area contributed by atoms with Crippen molar-refractivity contribution in [3.8, 4) is 0 Å². The highest BCUT2D eigenvalue weighted by Gasteiger charge is 2.32. The van der Waals surface area contributed by atoms with Crippen LogP contribution < -0.4 is 4.90 Å². The van der Waals surface area contributed by atoms with Crippen molar-refractivity contribution in [1.29, 1.82) is 0 Å². The van der Waals surface area contributed by atoms with E-state index in [1.807, 2.05) is 27.7 Å². The number of hydroxylamine groups is 2. The summed E-state index contributed by atoms with van der Waals surface area (Å²) in [4.78, 5) is 27.8. The van der Waals surface area contributed by atoms with Gasteiger partial charge in [0.2, 0.25) is 0 Å². The van der Waals surface area contributed by atoms with Crippen LogP contribution in [0.2, 0.25) is 5.15 Å². The summed E-state index contributed by atoms with van der Waals surface area (Å²) in [7, 11) is 0. The molecule has 0 bridgehead atoms. The zero-order chi connectivity index (χ0) is 15.6. The monoisotopic (exact) mass is 312 g/mol. The van der Waals surface area contributed by atoms with Crippen molar-refractivity contribution in [3.05, 3.63) is 17.5 Å². The van der Waals surface area contributed by atoms with Gasteiger partial charge in [0.15, 0.2) is 11.0 Å². The maximum absolute atomic E-state index is 12.0. The lowest BCUT2D eigenvalue weighted by atomic mass is 9.98. The van der Waals surface area contributed by atoms with Gasteiger partial charge in [-0.3, -0.25) is 0 Å². The van der Waals surface area contributed by atoms with Crippen molar-refractivity contribution in [2.45, 2.75) is 33.7 Å². The molecule has 0 radical (unpaired) electrons. The molecule has 2 heterocycles. The lowest BCUT2D eigenvalue weighted by molar-refractivity contribution is -0.211. The molecular formula is C14H21ClN4O2. The van der Waals surface area contributed by atoms with E-state index >= 15 is 0 Å². The molecule has 1 unspecified atom stereocenters. The van der Waals surface area contributed by atoms with Crippen molar-refractivity contribution >= 4 is 23.4 Å². The molecule has 6 nitrogen and oxygen atoms in total. The molecule has 1 aromatic heterocycles. The van der Waals surface area contributed by atoms with E-state index in [-0.39, 0.29) is 12.0 Å². The molecule has 2 rings (SSSR count). The predicted octanol–water partition coefficient (Wildman–Crippen LogP) is 2.14. The molecule has 0 aliphatic carbocycles. The number of nitrogens with zero attached hydrogens (tertiary/aromatic N) is 4. The Morgan fingerprint density at radius 2 is 2.00 bits per heavy atom. The minimum atomic E-state index is -0.509. The number of hydrogen-bond donors (Lipinski definition) is 0. The summed E-state index contributed by atoms with van der Waals surface area (Å²) in [6, 6.07) is 0.0584. The molecule has 0 saturated carbocycles. The van der Waals surface area contributed by atoms with Crippen LogP contribution in [0, 0.1) is 5.41 Å². The van der Waals surface area contributed by atoms with Crippen LogP contribution in [0.1, 0.15) is 27.7 Å². The number of piperazine rings is 1. The number of hydrogen-bond acceptors (Lipinski definition) is 6. The quantitative estimate of drug-likeness (QED) is 0.834. The number of anilines is 1. The molecular weight excluding hydrogens is 292 g/mol. The van der Waals surface area contributed by atoms with Crippen LogP contribution in [0.25, 0.3) is 0 Å². The summed E-state index contributed by atoms with van der Waals surface area (Å²) < 4.78 is 0. The Labute approximate surface area is 130 Å². The minimum absolute atomic E-state index is 0.0584. The number of carbonyl (C=O) groups excluding carboxylic acids is 1. The summed E-state index contributed by atoms with van der Waals surface area (Å²) in [5, 5.41) is 2.12. The van der Waals surface area contributed by atoms with Gasteiger partial charge in [-0.25, -0.2) is 14.8 Å². The van der Waals surface area contributed by atoms with Gasteiger partial charge in [0.25, 0.3) is 0 Å². The van der Waals surface area contributed by atoms with E-state index in [0.717, 1.165) is 0 Å². The highest BCUT2D eigenvalue weighted by molar-refractivity contribution is 6.31. The lowest BCUT2D eigenvalue weighted by Gasteiger charge is -2.39. The van der Waals surface area contributed by atoms with Crippen LogP contribution in [0.15, 0.2) is 12.4 Å². The summed E-state index contributed by atoms with van der Waals surface area (Å²) in [6.07, 6.45) is 3.19. The van der Waals surface area contributed by atoms with Crippen LogP contribution in [-0.4, -0.2) is 46.7 Å². The fourth-order valence-corrected chi connectivity index (χ4v) is 2.26. The number of halogens is 1. The second-order valence-electron chi connectivity index (χ2n) is 6.24. The fourth-order valence-electron chi connectivity index (χ4n) is 2.04. The van der Waals surface area contributed by atoms with Crippen LogP contribution in [0.3, 0.4) is 0 Å². The van der Waals surface area contributed by atoms with E-state index in [1.165, 1.54) is 0 Å². The Morgan fingerprint density at radius 1 is 1.33 bits per heavy atom. The number of aromatic nitrogens is 2. The zero-order valence-electron chi connectivity index (χ0n) is 12.8. The molecule has 0 aromatic carbocycles. The molecule has 1 aliphatic rings. The summed E-state index contributed by atoms with van der Waals surface area (Å²) in [5.41, 5.74) is -0.509. The molecule has 1 saturated heterocycles. The van der Waals surface area contributed by atoms with Crippen molar-refractivity contribution in [2.75, 3.05) is 24.5 Å². The van der Waals surface area contributed by atoms with Gasteiger partial charge in [-0.05, 0) is 27.7 Å². The first-order chi connectivity index (χ1) is 9.79. The Kier molecular flexibility index (Phi) is 4.68. The zero-order valence-corrected chi connectivity index (χ0v) is 13.6. The van der Waals surface area contributed by atoms with E-state index in [9.17, 15) is 4.79 Å². The normalized spacial score (nSPS) is 20.4. The van der Waals surface area contributed by atoms with Gasteiger partial charge < -0.3 is 9.74 Å². The second kappa shape index (κ2) is 6.15. The topological polar surface area (TPSA) is 58.6 Å². The molecule has 1 atom stereocenters. The number of carbonyl (C=O) groups is 1. The average Bonchev–Trinajstić information content (AvgIpc) is 2.40. The Balaban J connectivity index is 2.00. The third kappa shape index (κ3) is 3.83. The van der Waals surface area contributed by atoms with E-state index in [2.05, 4.69) is 14.9 Å². The third-order valence-corrected chi connectivity index (χ3v) is 3.58. The van der Waals surface area contributed by atoms with Crippen molar-refractivity contribution in [1.82, 2.24) is 15.0 Å². The summed E-state index contributed by atoms with van der Waals surface area (Å²) in [5.74, 6) is 0.452. The SMILES string of the molecule is CC1CN(c2nccnc2Cl)CCN1OC(=O)C(C)(C)C. The van der Waals surface area contributed by atoms with E-state index < -0.39 is 5.41 Å². The predicted molar refractivity (Wildman–Crippen MR) is 81.0 cm³/mol. The first kappa shape index (κ1) is 16.0. The maximum Gasteiger partial charge on any atom is 0.330 e. The highest BCUT2D eigenvalue weighted by Crippen LogP contribution is 2.24. The van der Waals surface area contributed by atoms with Gasteiger partial charge in [-0.15, -0.1) is 5.06 Å². The van der Waals surface area contributed by atoms with Crippen LogP contribution in [-0.2, 0) is 9.63 Å². The Bertz CT molecular complexity index is 518. The Hall–Kier alpha value is -1.40. The van der Waals surface area contributed by atoms with Crippen LogP contribution in [0.4, 0.5) is 5.82 Å². The molecule has 0 amide bonds. The van der Waals surface area contributed by atoms with Crippen molar-refractivity contribution < 1.29 is 9.63 Å². The summed E-state index contributed by atoms with van der Waals surface area (Å²) in [6.45, 7) is 9.50.